The average molecular weight is 278 g/mol. The predicted molar refractivity (Wildman–Crippen MR) is 86.2 cm³/mol. The Labute approximate surface area is 124 Å². The van der Waals surface area contributed by atoms with Crippen molar-refractivity contribution >= 4 is 0 Å². The van der Waals surface area contributed by atoms with Gasteiger partial charge in [-0.2, -0.15) is 0 Å². The highest BCUT2D eigenvalue weighted by molar-refractivity contribution is 5.30. The highest BCUT2D eigenvalue weighted by Crippen LogP contribution is 2.29. The summed E-state index contributed by atoms with van der Waals surface area (Å²) in [6.45, 7) is 13.7. The Kier molecular flexibility index (Phi) is 6.50. The Bertz CT molecular complexity index is 382. The molecule has 1 atom stereocenters. The highest BCUT2D eigenvalue weighted by Gasteiger charge is 2.32. The van der Waals surface area contributed by atoms with E-state index in [9.17, 15) is 0 Å². The van der Waals surface area contributed by atoms with Crippen LogP contribution in [0.15, 0.2) is 24.3 Å². The van der Waals surface area contributed by atoms with Gasteiger partial charge in [0.25, 0.3) is 0 Å². The summed E-state index contributed by atoms with van der Waals surface area (Å²) >= 11 is 0. The van der Waals surface area contributed by atoms with Gasteiger partial charge in [0.1, 0.15) is 5.75 Å². The zero-order valence-corrected chi connectivity index (χ0v) is 13.6. The topological polar surface area (TPSA) is 38.5 Å². The minimum absolute atomic E-state index is 0.0115. The fraction of sp³-hybridized carbons (Fsp3) is 0.647. The Balaban J connectivity index is 2.83. The van der Waals surface area contributed by atoms with Crippen molar-refractivity contribution < 1.29 is 4.74 Å². The van der Waals surface area contributed by atoms with Gasteiger partial charge in [-0.3, -0.25) is 4.90 Å². The van der Waals surface area contributed by atoms with Crippen LogP contribution in [0.3, 0.4) is 0 Å². The van der Waals surface area contributed by atoms with E-state index in [2.05, 4.69) is 51.7 Å². The maximum atomic E-state index is 6.49. The van der Waals surface area contributed by atoms with E-state index in [1.807, 2.05) is 12.1 Å². The molecule has 0 aliphatic rings. The van der Waals surface area contributed by atoms with Crippen LogP contribution >= 0.6 is 0 Å². The van der Waals surface area contributed by atoms with Crippen LogP contribution in [-0.2, 0) is 0 Å². The molecular formula is C17H30N2O. The zero-order valence-electron chi connectivity index (χ0n) is 13.6. The van der Waals surface area contributed by atoms with Crippen molar-refractivity contribution in [2.24, 2.45) is 5.73 Å². The Morgan fingerprint density at radius 2 is 1.65 bits per heavy atom. The molecule has 1 aromatic rings. The van der Waals surface area contributed by atoms with Crippen molar-refractivity contribution in [1.29, 1.82) is 0 Å². The number of nitrogens with two attached hydrogens (primary N) is 1. The van der Waals surface area contributed by atoms with Gasteiger partial charge in [-0.1, -0.05) is 32.9 Å². The minimum atomic E-state index is -0.0602. The zero-order chi connectivity index (χ0) is 15.2. The molecule has 0 fully saturated rings. The second kappa shape index (κ2) is 7.65. The van der Waals surface area contributed by atoms with Crippen LogP contribution < -0.4 is 10.5 Å². The van der Waals surface area contributed by atoms with E-state index in [1.54, 1.807) is 0 Å². The van der Waals surface area contributed by atoms with Gasteiger partial charge in [-0.15, -0.1) is 0 Å². The number of likely N-dealkylation sites (N-methyl/N-ethyl adjacent to an activating group) is 1. The number of ether oxygens (including phenoxy) is 1. The van der Waals surface area contributed by atoms with E-state index < -0.39 is 0 Å². The second-order valence-electron chi connectivity index (χ2n) is 5.72. The van der Waals surface area contributed by atoms with Crippen molar-refractivity contribution in [1.82, 2.24) is 4.90 Å². The van der Waals surface area contributed by atoms with Gasteiger partial charge in [0.2, 0.25) is 0 Å². The molecule has 0 radical (unpaired) electrons. The Morgan fingerprint density at radius 3 is 2.10 bits per heavy atom. The predicted octanol–water partition coefficient (Wildman–Crippen LogP) is 3.60. The molecule has 1 rings (SSSR count). The van der Waals surface area contributed by atoms with Crippen molar-refractivity contribution in [2.75, 3.05) is 19.7 Å². The van der Waals surface area contributed by atoms with Gasteiger partial charge in [0, 0.05) is 11.6 Å². The summed E-state index contributed by atoms with van der Waals surface area (Å²) in [5, 5.41) is 0. The first-order valence-electron chi connectivity index (χ1n) is 7.70. The summed E-state index contributed by atoms with van der Waals surface area (Å²) in [6.07, 6.45) is 1.02. The van der Waals surface area contributed by atoms with E-state index in [4.69, 9.17) is 10.5 Å². The molecule has 0 spiro atoms. The Hall–Kier alpha value is -1.06. The van der Waals surface area contributed by atoms with E-state index in [0.717, 1.165) is 37.4 Å². The van der Waals surface area contributed by atoms with Crippen LogP contribution in [0, 0.1) is 0 Å². The number of hydrogen-bond donors (Lipinski definition) is 1. The average Bonchev–Trinajstić information content (AvgIpc) is 2.46. The lowest BCUT2D eigenvalue weighted by molar-refractivity contribution is 0.107. The summed E-state index contributed by atoms with van der Waals surface area (Å²) in [4.78, 5) is 2.40. The van der Waals surface area contributed by atoms with Crippen LogP contribution in [0.2, 0.25) is 0 Å². The molecule has 0 heterocycles. The van der Waals surface area contributed by atoms with Crippen molar-refractivity contribution in [3.63, 3.8) is 0 Å². The summed E-state index contributed by atoms with van der Waals surface area (Å²) in [7, 11) is 0. The number of hydrogen-bond acceptors (Lipinski definition) is 3. The van der Waals surface area contributed by atoms with Crippen molar-refractivity contribution in [3.8, 4) is 5.75 Å². The molecule has 0 aliphatic heterocycles. The van der Waals surface area contributed by atoms with Crippen LogP contribution in [0.4, 0.5) is 0 Å². The maximum absolute atomic E-state index is 6.49. The molecule has 0 amide bonds. The third kappa shape index (κ3) is 3.97. The third-order valence-electron chi connectivity index (χ3n) is 4.05. The fourth-order valence-electron chi connectivity index (χ4n) is 2.63. The number of nitrogens with zero attached hydrogens (tertiary/aromatic N) is 1. The van der Waals surface area contributed by atoms with E-state index in [-0.39, 0.29) is 11.6 Å². The number of rotatable bonds is 8. The molecule has 0 bridgehead atoms. The first-order valence-corrected chi connectivity index (χ1v) is 7.70. The molecule has 0 aliphatic carbocycles. The molecule has 0 saturated carbocycles. The maximum Gasteiger partial charge on any atom is 0.119 e. The fourth-order valence-corrected chi connectivity index (χ4v) is 2.63. The first-order chi connectivity index (χ1) is 9.47. The standard InChI is InChI=1S/C17H30N2O/c1-6-13-20-15-11-9-14(10-12-15)16(18)17(4,5)19(7-2)8-3/h9-12,16H,6-8,13,18H2,1-5H3. The summed E-state index contributed by atoms with van der Waals surface area (Å²) in [6, 6.07) is 8.19. The van der Waals surface area contributed by atoms with E-state index in [0.29, 0.717) is 0 Å². The molecule has 2 N–H and O–H groups in total. The first kappa shape index (κ1) is 17.0. The molecule has 1 unspecified atom stereocenters. The van der Waals surface area contributed by atoms with Gasteiger partial charge in [0.05, 0.1) is 6.61 Å². The van der Waals surface area contributed by atoms with Crippen molar-refractivity contribution in [2.45, 2.75) is 52.6 Å². The second-order valence-corrected chi connectivity index (χ2v) is 5.72. The van der Waals surface area contributed by atoms with Crippen LogP contribution in [0.25, 0.3) is 0 Å². The smallest absolute Gasteiger partial charge is 0.119 e. The van der Waals surface area contributed by atoms with Crippen LogP contribution in [0.5, 0.6) is 5.75 Å². The van der Waals surface area contributed by atoms with E-state index >= 15 is 0 Å². The number of benzene rings is 1. The molecule has 0 aromatic heterocycles. The largest absolute Gasteiger partial charge is 0.494 e. The molecule has 114 valence electrons. The molecule has 1 aromatic carbocycles. The van der Waals surface area contributed by atoms with Crippen LogP contribution in [0.1, 0.15) is 52.6 Å². The lowest BCUT2D eigenvalue weighted by Crippen LogP contribution is -2.51. The minimum Gasteiger partial charge on any atom is -0.494 e. The molecule has 20 heavy (non-hydrogen) atoms. The molecular weight excluding hydrogens is 248 g/mol. The molecule has 3 nitrogen and oxygen atoms in total. The van der Waals surface area contributed by atoms with Crippen molar-refractivity contribution in [3.05, 3.63) is 29.8 Å². The lowest BCUT2D eigenvalue weighted by Gasteiger charge is -2.42. The van der Waals surface area contributed by atoms with Gasteiger partial charge in [0.15, 0.2) is 0 Å². The van der Waals surface area contributed by atoms with Gasteiger partial charge < -0.3 is 10.5 Å². The van der Waals surface area contributed by atoms with Gasteiger partial charge in [-0.05, 0) is 51.1 Å². The molecule has 3 heteroatoms. The lowest BCUT2D eigenvalue weighted by atomic mass is 9.87. The molecule has 0 saturated heterocycles. The summed E-state index contributed by atoms with van der Waals surface area (Å²) in [5.41, 5.74) is 7.59. The van der Waals surface area contributed by atoms with E-state index in [1.165, 1.54) is 0 Å². The normalized spacial score (nSPS) is 13.6. The summed E-state index contributed by atoms with van der Waals surface area (Å²) < 4.78 is 5.61. The van der Waals surface area contributed by atoms with Gasteiger partial charge >= 0.3 is 0 Å². The highest BCUT2D eigenvalue weighted by atomic mass is 16.5. The Morgan fingerprint density at radius 1 is 1.10 bits per heavy atom. The third-order valence-corrected chi connectivity index (χ3v) is 4.05. The monoisotopic (exact) mass is 278 g/mol. The quantitative estimate of drug-likeness (QED) is 0.789. The van der Waals surface area contributed by atoms with Crippen LogP contribution in [-0.4, -0.2) is 30.1 Å². The van der Waals surface area contributed by atoms with Gasteiger partial charge in [-0.25, -0.2) is 0 Å². The SMILES string of the molecule is CCCOc1ccc(C(N)C(C)(C)N(CC)CC)cc1. The summed E-state index contributed by atoms with van der Waals surface area (Å²) in [5.74, 6) is 0.920.